The molecule has 3 aromatic rings. The van der Waals surface area contributed by atoms with Gasteiger partial charge in [-0.15, -0.1) is 11.8 Å². The molecule has 2 unspecified atom stereocenters. The number of carbonyl (C=O) groups excluding carboxylic acids is 1. The zero-order chi connectivity index (χ0) is 21.3. The van der Waals surface area contributed by atoms with Crippen LogP contribution in [0.5, 0.6) is 0 Å². The number of carbonyl (C=O) groups is 1. The molecule has 0 aliphatic carbocycles. The van der Waals surface area contributed by atoms with Crippen LogP contribution in [0.1, 0.15) is 58.5 Å². The average Bonchev–Trinajstić information content (AvgIpc) is 3.16. The zero-order valence-electron chi connectivity index (χ0n) is 18.0. The molecule has 0 bridgehead atoms. The van der Waals surface area contributed by atoms with Crippen molar-refractivity contribution in [3.8, 4) is 0 Å². The molecular weight excluding hydrogens is 398 g/mol. The highest BCUT2D eigenvalue weighted by molar-refractivity contribution is 8.01. The molecule has 5 rings (SSSR count). The molecule has 2 aliphatic rings. The van der Waals surface area contributed by atoms with E-state index in [1.165, 1.54) is 16.7 Å². The second-order valence-corrected chi connectivity index (χ2v) is 10.2. The fourth-order valence-corrected chi connectivity index (χ4v) is 7.16. The van der Waals surface area contributed by atoms with Crippen LogP contribution in [0, 0.1) is 0 Å². The van der Waals surface area contributed by atoms with E-state index in [-0.39, 0.29) is 16.6 Å². The Morgan fingerprint density at radius 3 is 2.23 bits per heavy atom. The Hall–Kier alpha value is -2.36. The molecule has 0 radical (unpaired) electrons. The minimum Gasteiger partial charge on any atom is -0.293 e. The highest BCUT2D eigenvalue weighted by Crippen LogP contribution is 2.61. The smallest absolute Gasteiger partial charge is 0.179 e. The van der Waals surface area contributed by atoms with E-state index in [0.29, 0.717) is 5.25 Å². The summed E-state index contributed by atoms with van der Waals surface area (Å²) in [6, 6.07) is 29.7. The maximum atomic E-state index is 13.2. The van der Waals surface area contributed by atoms with E-state index in [9.17, 15) is 4.79 Å². The Balaban J connectivity index is 1.37. The summed E-state index contributed by atoms with van der Waals surface area (Å²) < 4.78 is 0.154. The Bertz CT molecular complexity index is 1040. The Morgan fingerprint density at radius 2 is 1.55 bits per heavy atom. The molecule has 2 atom stereocenters. The molecule has 1 fully saturated rings. The van der Waals surface area contributed by atoms with Crippen LogP contribution >= 0.6 is 11.8 Å². The maximum absolute atomic E-state index is 13.2. The van der Waals surface area contributed by atoms with Gasteiger partial charge in [-0.1, -0.05) is 91.9 Å². The number of Topliss-reactive ketones (excluding diaryl/α,β-unsaturated/α-hetero) is 1. The molecule has 0 aromatic heterocycles. The number of hydrogen-bond acceptors (Lipinski definition) is 3. The van der Waals surface area contributed by atoms with Gasteiger partial charge in [-0.25, -0.2) is 0 Å². The number of benzene rings is 3. The summed E-state index contributed by atoms with van der Waals surface area (Å²) in [4.78, 5) is 15.6. The minimum absolute atomic E-state index is 0.0219. The third-order valence-electron chi connectivity index (χ3n) is 6.97. The van der Waals surface area contributed by atoms with E-state index in [0.717, 1.165) is 37.9 Å². The van der Waals surface area contributed by atoms with E-state index in [2.05, 4.69) is 78.2 Å². The molecule has 158 valence electrons. The number of likely N-dealkylation sites (tertiary alicyclic amines) is 1. The van der Waals surface area contributed by atoms with Crippen molar-refractivity contribution in [1.82, 2.24) is 4.90 Å². The van der Waals surface area contributed by atoms with Crippen LogP contribution in [0.3, 0.4) is 0 Å². The van der Waals surface area contributed by atoms with Crippen molar-refractivity contribution in [2.24, 2.45) is 0 Å². The van der Waals surface area contributed by atoms with Gasteiger partial charge in [0.25, 0.3) is 0 Å². The van der Waals surface area contributed by atoms with E-state index in [1.54, 1.807) is 0 Å². The summed E-state index contributed by atoms with van der Waals surface area (Å²) in [6.45, 7) is 4.08. The monoisotopic (exact) mass is 427 g/mol. The van der Waals surface area contributed by atoms with Crippen LogP contribution in [-0.4, -0.2) is 29.8 Å². The molecule has 2 nitrogen and oxygen atoms in total. The summed E-state index contributed by atoms with van der Waals surface area (Å²) in [5.74, 6) is 0.265. The standard InChI is InChI=1S/C28H29NOS/c1-2-25(26(30)21-11-5-3-6-12-21)29-19-17-28(18-20-29)24-16-10-9-15-23(24)27(31-28)22-13-7-4-8-14-22/h3-16,25,27H,2,17-20H2,1H3. The van der Waals surface area contributed by atoms with Crippen molar-refractivity contribution in [2.75, 3.05) is 13.1 Å². The molecule has 2 aliphatic heterocycles. The van der Waals surface area contributed by atoms with Gasteiger partial charge in [0.05, 0.1) is 11.3 Å². The Morgan fingerprint density at radius 1 is 0.935 bits per heavy atom. The normalized spacial score (nSPS) is 21.0. The SMILES string of the molecule is CCC(C(=O)c1ccccc1)N1CCC2(CC1)SC(c1ccccc1)c1ccccc12. The zero-order valence-corrected chi connectivity index (χ0v) is 18.9. The first-order chi connectivity index (χ1) is 15.2. The van der Waals surface area contributed by atoms with Crippen LogP contribution in [0.4, 0.5) is 0 Å². The van der Waals surface area contributed by atoms with E-state index in [4.69, 9.17) is 0 Å². The van der Waals surface area contributed by atoms with Gasteiger partial charge in [0.1, 0.15) is 0 Å². The lowest BCUT2D eigenvalue weighted by molar-refractivity contribution is 0.0752. The first-order valence-electron chi connectivity index (χ1n) is 11.4. The Labute approximate surface area is 189 Å². The van der Waals surface area contributed by atoms with Gasteiger partial charge in [-0.2, -0.15) is 0 Å². The van der Waals surface area contributed by atoms with Gasteiger partial charge in [-0.05, 0) is 36.0 Å². The summed E-state index contributed by atoms with van der Waals surface area (Å²) in [6.07, 6.45) is 3.05. The molecule has 1 spiro atoms. The predicted octanol–water partition coefficient (Wildman–Crippen LogP) is 6.48. The number of hydrogen-bond donors (Lipinski definition) is 0. The van der Waals surface area contributed by atoms with Gasteiger partial charge < -0.3 is 0 Å². The van der Waals surface area contributed by atoms with Gasteiger partial charge in [0.2, 0.25) is 0 Å². The molecule has 1 saturated heterocycles. The van der Waals surface area contributed by atoms with Crippen LogP contribution in [0.25, 0.3) is 0 Å². The first kappa shape index (κ1) is 20.5. The third kappa shape index (κ3) is 3.75. The molecule has 0 N–H and O–H groups in total. The van der Waals surface area contributed by atoms with E-state index in [1.807, 2.05) is 30.3 Å². The topological polar surface area (TPSA) is 20.3 Å². The van der Waals surface area contributed by atoms with E-state index < -0.39 is 0 Å². The average molecular weight is 428 g/mol. The largest absolute Gasteiger partial charge is 0.293 e. The predicted molar refractivity (Wildman–Crippen MR) is 130 cm³/mol. The van der Waals surface area contributed by atoms with Crippen molar-refractivity contribution in [2.45, 2.75) is 42.2 Å². The minimum atomic E-state index is -0.0219. The Kier molecular flexibility index (Phi) is 5.73. The van der Waals surface area contributed by atoms with Crippen molar-refractivity contribution >= 4 is 17.5 Å². The van der Waals surface area contributed by atoms with Gasteiger partial charge in [0, 0.05) is 23.4 Å². The highest BCUT2D eigenvalue weighted by Gasteiger charge is 2.47. The first-order valence-corrected chi connectivity index (χ1v) is 12.3. The lowest BCUT2D eigenvalue weighted by Gasteiger charge is -2.42. The number of fused-ring (bicyclic) bond motifs is 2. The fourth-order valence-electron chi connectivity index (χ4n) is 5.36. The summed E-state index contributed by atoms with van der Waals surface area (Å²) >= 11 is 2.13. The molecule has 0 amide bonds. The highest BCUT2D eigenvalue weighted by atomic mass is 32.2. The van der Waals surface area contributed by atoms with Crippen molar-refractivity contribution < 1.29 is 4.79 Å². The van der Waals surface area contributed by atoms with Crippen LogP contribution in [0.2, 0.25) is 0 Å². The molecular formula is C28H29NOS. The number of ketones is 1. The lowest BCUT2D eigenvalue weighted by atomic mass is 9.83. The fraction of sp³-hybridized carbons (Fsp3) is 0.321. The number of rotatable bonds is 5. The van der Waals surface area contributed by atoms with Crippen LogP contribution < -0.4 is 0 Å². The molecule has 0 saturated carbocycles. The number of nitrogens with zero attached hydrogens (tertiary/aromatic N) is 1. The molecule has 3 heteroatoms. The summed E-state index contributed by atoms with van der Waals surface area (Å²) in [5, 5.41) is 0.400. The molecule has 3 aromatic carbocycles. The number of piperidine rings is 1. The summed E-state index contributed by atoms with van der Waals surface area (Å²) in [7, 11) is 0. The van der Waals surface area contributed by atoms with Crippen molar-refractivity contribution in [3.05, 3.63) is 107 Å². The van der Waals surface area contributed by atoms with Crippen LogP contribution in [-0.2, 0) is 4.75 Å². The molecule has 31 heavy (non-hydrogen) atoms. The van der Waals surface area contributed by atoms with E-state index >= 15 is 0 Å². The van der Waals surface area contributed by atoms with Crippen molar-refractivity contribution in [1.29, 1.82) is 0 Å². The van der Waals surface area contributed by atoms with Gasteiger partial charge in [0.15, 0.2) is 5.78 Å². The lowest BCUT2D eigenvalue weighted by Crippen LogP contribution is -2.48. The van der Waals surface area contributed by atoms with Gasteiger partial charge in [-0.3, -0.25) is 9.69 Å². The second-order valence-electron chi connectivity index (χ2n) is 8.68. The third-order valence-corrected chi connectivity index (χ3v) is 8.82. The van der Waals surface area contributed by atoms with Crippen LogP contribution in [0.15, 0.2) is 84.9 Å². The van der Waals surface area contributed by atoms with Gasteiger partial charge >= 0.3 is 0 Å². The quantitative estimate of drug-likeness (QED) is 0.435. The number of thioether (sulfide) groups is 1. The second kappa shape index (κ2) is 8.64. The van der Waals surface area contributed by atoms with Crippen molar-refractivity contribution in [3.63, 3.8) is 0 Å². The summed E-state index contributed by atoms with van der Waals surface area (Å²) in [5.41, 5.74) is 5.21. The maximum Gasteiger partial charge on any atom is 0.179 e. The molecule has 2 heterocycles.